The summed E-state index contributed by atoms with van der Waals surface area (Å²) < 4.78 is 0. The van der Waals surface area contributed by atoms with Crippen LogP contribution >= 0.6 is 0 Å². The van der Waals surface area contributed by atoms with E-state index < -0.39 is 48.0 Å². The van der Waals surface area contributed by atoms with E-state index in [2.05, 4.69) is 21.3 Å². The van der Waals surface area contributed by atoms with E-state index in [1.807, 2.05) is 27.7 Å². The van der Waals surface area contributed by atoms with Crippen LogP contribution in [0.4, 0.5) is 0 Å². The number of amides is 1. The minimum Gasteiger partial charge on any atom is -0.480 e. The van der Waals surface area contributed by atoms with E-state index >= 15 is 0 Å². The fraction of sp³-hybridized carbons (Fsp3) is 0.778. The topological polar surface area (TPSA) is 278 Å². The molecule has 1 amide bonds. The first-order valence-corrected chi connectivity index (χ1v) is 14.1. The molecule has 0 spiro atoms. The lowest BCUT2D eigenvalue weighted by Crippen LogP contribution is -2.34. The second-order valence-electron chi connectivity index (χ2n) is 10.7. The van der Waals surface area contributed by atoms with Gasteiger partial charge in [0.25, 0.3) is 0 Å². The summed E-state index contributed by atoms with van der Waals surface area (Å²) in [6, 6.07) is -2.42. The molecular formula is C27H53N5O11. The normalized spacial score (nSPS) is 18.9. The average Bonchev–Trinajstić information content (AvgIpc) is 3.60. The third-order valence-electron chi connectivity index (χ3n) is 5.85. The quantitative estimate of drug-likeness (QED) is 0.145. The van der Waals surface area contributed by atoms with E-state index in [0.29, 0.717) is 37.5 Å². The smallest absolute Gasteiger partial charge is 0.326 e. The maximum absolute atomic E-state index is 10.4. The molecule has 2 aliphatic heterocycles. The summed E-state index contributed by atoms with van der Waals surface area (Å²) in [4.78, 5) is 61.0. The molecular weight excluding hydrogens is 570 g/mol. The molecule has 0 aromatic heterocycles. The van der Waals surface area contributed by atoms with Gasteiger partial charge in [-0.05, 0) is 71.5 Å². The second kappa shape index (κ2) is 25.2. The molecule has 0 aliphatic carbocycles. The van der Waals surface area contributed by atoms with Crippen molar-refractivity contribution in [2.45, 2.75) is 103 Å². The van der Waals surface area contributed by atoms with Gasteiger partial charge in [0, 0.05) is 6.42 Å². The summed E-state index contributed by atoms with van der Waals surface area (Å²) >= 11 is 0. The van der Waals surface area contributed by atoms with E-state index in [0.717, 1.165) is 19.4 Å². The second-order valence-corrected chi connectivity index (χ2v) is 10.7. The van der Waals surface area contributed by atoms with Gasteiger partial charge in [0.05, 0.1) is 0 Å². The number of nitrogens with one attached hydrogen (secondary N) is 4. The predicted octanol–water partition coefficient (Wildman–Crippen LogP) is 0.00100. The molecule has 11 N–H and O–H groups in total. The number of carbonyl (C=O) groups excluding carboxylic acids is 1. The highest BCUT2D eigenvalue weighted by molar-refractivity contribution is 5.87. The molecule has 2 aliphatic rings. The molecule has 2 heterocycles. The van der Waals surface area contributed by atoms with E-state index in [1.165, 1.54) is 0 Å². The van der Waals surface area contributed by atoms with Crippen LogP contribution in [0.25, 0.3) is 0 Å². The number of rotatable bonds is 11. The molecule has 0 radical (unpaired) electrons. The van der Waals surface area contributed by atoms with Crippen molar-refractivity contribution in [2.24, 2.45) is 17.6 Å². The van der Waals surface area contributed by atoms with Crippen molar-refractivity contribution in [3.63, 3.8) is 0 Å². The summed E-state index contributed by atoms with van der Waals surface area (Å²) in [5.74, 6) is -3.54. The van der Waals surface area contributed by atoms with Crippen LogP contribution in [0.1, 0.15) is 73.1 Å². The monoisotopic (exact) mass is 623 g/mol. The summed E-state index contributed by atoms with van der Waals surface area (Å²) in [6.07, 6.45) is 3.79. The van der Waals surface area contributed by atoms with Crippen molar-refractivity contribution in [1.29, 1.82) is 0 Å². The van der Waals surface area contributed by atoms with Crippen LogP contribution in [0.15, 0.2) is 0 Å². The molecule has 16 heteroatoms. The summed E-state index contributed by atoms with van der Waals surface area (Å²) in [7, 11) is 3.28. The van der Waals surface area contributed by atoms with Gasteiger partial charge in [-0.2, -0.15) is 0 Å². The largest absolute Gasteiger partial charge is 0.480 e. The van der Waals surface area contributed by atoms with Gasteiger partial charge in [-0.25, -0.2) is 4.79 Å². The van der Waals surface area contributed by atoms with Gasteiger partial charge in [-0.15, -0.1) is 0 Å². The molecule has 0 aromatic rings. The van der Waals surface area contributed by atoms with Crippen molar-refractivity contribution >= 4 is 35.8 Å². The standard InChI is InChI=1S/C7H15NO2.C6H13NO2.C5H7NO3.C5H9NO2.C4H9NO2/c1-5(2)4-6(8-3)7(9)10;1-4(2)3-5(7)6(8)9;7-4-2-1-3(6-4)5(8)9;7-5(8)4-2-1-3-6-4;1-3(5-2)4(6)7/h5-6,8H,4H2,1-3H3,(H,9,10);4-5H,3,7H2,1-2H3,(H,8,9);3H,1-2H2,(H,6,7)(H,8,9);4,6H,1-3H2,(H,7,8);3,5H,1-2H3,(H,6,7)/t6-;5-;3-;4-;3-/m00000/s1. The van der Waals surface area contributed by atoms with Crippen molar-refractivity contribution < 1.29 is 54.3 Å². The van der Waals surface area contributed by atoms with E-state index in [9.17, 15) is 28.8 Å². The van der Waals surface area contributed by atoms with Crippen LogP contribution in [0.2, 0.25) is 0 Å². The van der Waals surface area contributed by atoms with Crippen molar-refractivity contribution in [3.8, 4) is 0 Å². The number of aliphatic carboxylic acids is 5. The minimum absolute atomic E-state index is 0.164. The Morgan fingerprint density at radius 3 is 1.44 bits per heavy atom. The number of likely N-dealkylation sites (N-methyl/N-ethyl adjacent to an activating group) is 2. The van der Waals surface area contributed by atoms with Gasteiger partial charge in [0.1, 0.15) is 30.2 Å². The number of hydrogen-bond acceptors (Lipinski definition) is 10. The van der Waals surface area contributed by atoms with Crippen molar-refractivity contribution in [1.82, 2.24) is 21.3 Å². The zero-order chi connectivity index (χ0) is 34.3. The van der Waals surface area contributed by atoms with E-state index in [1.54, 1.807) is 21.0 Å². The molecule has 0 unspecified atom stereocenters. The zero-order valence-corrected chi connectivity index (χ0v) is 26.3. The molecule has 16 nitrogen and oxygen atoms in total. The average molecular weight is 624 g/mol. The van der Waals surface area contributed by atoms with Gasteiger partial charge in [0.2, 0.25) is 5.91 Å². The zero-order valence-electron chi connectivity index (χ0n) is 26.3. The Labute approximate surface area is 253 Å². The Bertz CT molecular complexity index is 849. The Balaban J connectivity index is -0.000000467. The fourth-order valence-electron chi connectivity index (χ4n) is 3.24. The Hall–Kier alpha value is -3.34. The predicted molar refractivity (Wildman–Crippen MR) is 159 cm³/mol. The lowest BCUT2D eigenvalue weighted by molar-refractivity contribution is -0.140. The molecule has 5 atom stereocenters. The third-order valence-corrected chi connectivity index (χ3v) is 5.85. The minimum atomic E-state index is -0.944. The van der Waals surface area contributed by atoms with E-state index in [-0.39, 0.29) is 18.0 Å². The lowest BCUT2D eigenvalue weighted by atomic mass is 10.0. The van der Waals surface area contributed by atoms with Gasteiger partial charge >= 0.3 is 29.8 Å². The number of carbonyl (C=O) groups is 6. The van der Waals surface area contributed by atoms with Gasteiger partial charge in [-0.3, -0.25) is 24.0 Å². The number of nitrogens with two attached hydrogens (primary N) is 1. The summed E-state index contributed by atoms with van der Waals surface area (Å²) in [5.41, 5.74) is 5.22. The van der Waals surface area contributed by atoms with Gasteiger partial charge in [-0.1, -0.05) is 27.7 Å². The van der Waals surface area contributed by atoms with Crippen molar-refractivity contribution in [3.05, 3.63) is 0 Å². The van der Waals surface area contributed by atoms with Crippen molar-refractivity contribution in [2.75, 3.05) is 20.6 Å². The van der Waals surface area contributed by atoms with Crippen LogP contribution in [0.5, 0.6) is 0 Å². The lowest BCUT2D eigenvalue weighted by Gasteiger charge is -2.12. The van der Waals surface area contributed by atoms with Crippen LogP contribution in [-0.4, -0.2) is 112 Å². The van der Waals surface area contributed by atoms with Gasteiger partial charge < -0.3 is 52.5 Å². The fourth-order valence-corrected chi connectivity index (χ4v) is 3.24. The van der Waals surface area contributed by atoms with Crippen LogP contribution < -0.4 is 27.0 Å². The summed E-state index contributed by atoms with van der Waals surface area (Å²) in [5, 5.41) is 52.1. The first-order valence-electron chi connectivity index (χ1n) is 14.1. The molecule has 0 saturated carbocycles. The Morgan fingerprint density at radius 2 is 1.30 bits per heavy atom. The number of carboxylic acids is 5. The molecule has 2 rings (SSSR count). The third kappa shape index (κ3) is 26.1. The first-order chi connectivity index (χ1) is 19.8. The molecule has 0 bridgehead atoms. The summed E-state index contributed by atoms with van der Waals surface area (Å²) in [6.45, 7) is 10.4. The van der Waals surface area contributed by atoms with E-state index in [4.69, 9.17) is 31.3 Å². The molecule has 252 valence electrons. The Morgan fingerprint density at radius 1 is 0.791 bits per heavy atom. The maximum atomic E-state index is 10.4. The number of carboxylic acid groups (broad SMARTS) is 5. The SMILES string of the molecule is CC(C)C[C@H](N)C(=O)O.CN[C@@H](C)C(=O)O.CN[C@@H](CC(C)C)C(=O)O.O=C(O)[C@@H]1CCCN1.O=C1CC[C@@H](C(=O)O)N1. The highest BCUT2D eigenvalue weighted by Crippen LogP contribution is 2.06. The number of hydrogen-bond donors (Lipinski definition) is 10. The van der Waals surface area contributed by atoms with Crippen LogP contribution in [0, 0.1) is 11.8 Å². The van der Waals surface area contributed by atoms with Crippen LogP contribution in [-0.2, 0) is 28.8 Å². The Kier molecular flexibility index (Phi) is 25.8. The highest BCUT2D eigenvalue weighted by Gasteiger charge is 2.26. The molecule has 0 aromatic carbocycles. The highest BCUT2D eigenvalue weighted by atomic mass is 16.4. The molecule has 2 fully saturated rings. The molecule has 43 heavy (non-hydrogen) atoms. The van der Waals surface area contributed by atoms with Crippen LogP contribution in [0.3, 0.4) is 0 Å². The first kappa shape index (κ1) is 44.1. The maximum Gasteiger partial charge on any atom is 0.326 e. The molecule has 2 saturated heterocycles. The van der Waals surface area contributed by atoms with Gasteiger partial charge in [0.15, 0.2) is 0 Å².